The predicted molar refractivity (Wildman–Crippen MR) is 138 cm³/mol. The van der Waals surface area contributed by atoms with E-state index in [0.717, 1.165) is 38.7 Å². The van der Waals surface area contributed by atoms with Gasteiger partial charge in [-0.05, 0) is 53.9 Å². The molecular formula is C26H48N4O3. The van der Waals surface area contributed by atoms with Crippen LogP contribution in [0.25, 0.3) is 0 Å². The molecule has 1 saturated carbocycles. The van der Waals surface area contributed by atoms with Gasteiger partial charge in [-0.15, -0.1) is 0 Å². The van der Waals surface area contributed by atoms with Crippen LogP contribution in [0.2, 0.25) is 0 Å². The van der Waals surface area contributed by atoms with Crippen molar-refractivity contribution in [3.63, 3.8) is 0 Å². The van der Waals surface area contributed by atoms with Crippen molar-refractivity contribution in [1.29, 1.82) is 0 Å². The molecule has 1 unspecified atom stereocenters. The number of carbonyl (C=O) groups is 2. The maximum Gasteiger partial charge on any atom is 0.272 e. The first-order valence-corrected chi connectivity index (χ1v) is 12.5. The van der Waals surface area contributed by atoms with Crippen LogP contribution in [0.5, 0.6) is 0 Å². The molecule has 0 spiro atoms. The number of hydrogen-bond acceptors (Lipinski definition) is 5. The van der Waals surface area contributed by atoms with Crippen LogP contribution in [0.4, 0.5) is 0 Å². The lowest BCUT2D eigenvalue weighted by molar-refractivity contribution is -0.151. The van der Waals surface area contributed by atoms with Gasteiger partial charge >= 0.3 is 0 Å². The van der Waals surface area contributed by atoms with Crippen LogP contribution in [0.1, 0.15) is 87.0 Å². The number of rotatable bonds is 7. The maximum atomic E-state index is 13.3. The Bertz CT molecular complexity index is 652. The zero-order valence-electron chi connectivity index (χ0n) is 22.3. The van der Waals surface area contributed by atoms with E-state index in [1.807, 2.05) is 60.6 Å². The molecule has 7 heteroatoms. The summed E-state index contributed by atoms with van der Waals surface area (Å²) in [5, 5.41) is 9.22. The van der Waals surface area contributed by atoms with Gasteiger partial charge in [-0.25, -0.2) is 0 Å². The lowest BCUT2D eigenvalue weighted by Crippen LogP contribution is -2.68. The fraction of sp³-hybridized carbons (Fsp3) is 0.731. The van der Waals surface area contributed by atoms with E-state index >= 15 is 0 Å². The van der Waals surface area contributed by atoms with Crippen LogP contribution in [0.3, 0.4) is 0 Å². The van der Waals surface area contributed by atoms with Crippen molar-refractivity contribution in [3.05, 3.63) is 23.9 Å². The van der Waals surface area contributed by atoms with Gasteiger partial charge in [-0.2, -0.15) is 5.10 Å². The number of methoxy groups -OCH3 is 1. The number of carbonyl (C=O) groups excluding carboxylic acids is 2. The molecular weight excluding hydrogens is 416 g/mol. The van der Waals surface area contributed by atoms with Crippen LogP contribution < -0.4 is 5.32 Å². The van der Waals surface area contributed by atoms with E-state index in [1.165, 1.54) is 6.42 Å². The van der Waals surface area contributed by atoms with E-state index in [2.05, 4.69) is 15.2 Å². The second-order valence-electron chi connectivity index (χ2n) is 8.08. The van der Waals surface area contributed by atoms with Gasteiger partial charge in [0.2, 0.25) is 5.91 Å². The lowest BCUT2D eigenvalue weighted by atomic mass is 9.91. The largest absolute Gasteiger partial charge is 0.385 e. The minimum atomic E-state index is -0.949. The Kier molecular flexibility index (Phi) is 16.2. The van der Waals surface area contributed by atoms with E-state index < -0.39 is 5.54 Å². The van der Waals surface area contributed by atoms with Gasteiger partial charge in [-0.1, -0.05) is 51.3 Å². The summed E-state index contributed by atoms with van der Waals surface area (Å²) in [6.07, 6.45) is 13.7. The Balaban J connectivity index is 0.00000154. The number of nitrogens with one attached hydrogen (secondary N) is 1. The molecule has 2 rings (SSSR count). The Labute approximate surface area is 202 Å². The van der Waals surface area contributed by atoms with Gasteiger partial charge in [0.1, 0.15) is 11.2 Å². The molecule has 0 radical (unpaired) electrons. The van der Waals surface area contributed by atoms with E-state index in [-0.39, 0.29) is 17.9 Å². The fourth-order valence-corrected chi connectivity index (χ4v) is 3.95. The Morgan fingerprint density at radius 2 is 1.82 bits per heavy atom. The van der Waals surface area contributed by atoms with Gasteiger partial charge in [0.05, 0.1) is 6.54 Å². The highest BCUT2D eigenvalue weighted by Crippen LogP contribution is 2.30. The first-order valence-electron chi connectivity index (χ1n) is 12.5. The van der Waals surface area contributed by atoms with E-state index in [9.17, 15) is 9.59 Å². The van der Waals surface area contributed by atoms with Crippen molar-refractivity contribution in [2.75, 3.05) is 26.8 Å². The zero-order chi connectivity index (χ0) is 25.3. The van der Waals surface area contributed by atoms with Crippen molar-refractivity contribution in [1.82, 2.24) is 15.2 Å². The van der Waals surface area contributed by atoms with Gasteiger partial charge < -0.3 is 15.0 Å². The molecule has 33 heavy (non-hydrogen) atoms. The monoisotopic (exact) mass is 464 g/mol. The van der Waals surface area contributed by atoms with Crippen LogP contribution in [-0.4, -0.2) is 66.3 Å². The summed E-state index contributed by atoms with van der Waals surface area (Å²) in [5.41, 5.74) is -0.425. The van der Waals surface area contributed by atoms with Gasteiger partial charge in [0.15, 0.2) is 0 Å². The van der Waals surface area contributed by atoms with Gasteiger partial charge in [0.25, 0.3) is 5.91 Å². The maximum absolute atomic E-state index is 13.3. The number of hydrazone groups is 1. The Morgan fingerprint density at radius 3 is 2.30 bits per heavy atom. The summed E-state index contributed by atoms with van der Waals surface area (Å²) in [6.45, 7) is 15.1. The minimum absolute atomic E-state index is 0.0744. The summed E-state index contributed by atoms with van der Waals surface area (Å²) in [4.78, 5) is 28.2. The number of piperazine rings is 1. The minimum Gasteiger partial charge on any atom is -0.385 e. The van der Waals surface area contributed by atoms with E-state index in [0.29, 0.717) is 18.8 Å². The number of nitrogens with zero attached hydrogens (tertiary/aromatic N) is 3. The third-order valence-corrected chi connectivity index (χ3v) is 5.80. The highest BCUT2D eigenvalue weighted by molar-refractivity contribution is 6.00. The van der Waals surface area contributed by atoms with Crippen molar-refractivity contribution in [2.45, 2.75) is 98.6 Å². The van der Waals surface area contributed by atoms with Crippen molar-refractivity contribution < 1.29 is 14.3 Å². The molecule has 2 aliphatic rings. The zero-order valence-corrected chi connectivity index (χ0v) is 22.3. The van der Waals surface area contributed by atoms with Crippen molar-refractivity contribution >= 4 is 18.0 Å². The second-order valence-corrected chi connectivity index (χ2v) is 8.08. The highest BCUT2D eigenvalue weighted by atomic mass is 16.5. The van der Waals surface area contributed by atoms with Crippen molar-refractivity contribution in [2.24, 2.45) is 5.10 Å². The normalized spacial score (nSPS) is 22.8. The average molecular weight is 465 g/mol. The summed E-state index contributed by atoms with van der Waals surface area (Å²) >= 11 is 0. The quantitative estimate of drug-likeness (QED) is 0.331. The van der Waals surface area contributed by atoms with Crippen LogP contribution >= 0.6 is 0 Å². The molecule has 1 aliphatic heterocycles. The first-order chi connectivity index (χ1) is 15.9. The average Bonchev–Trinajstić information content (AvgIpc) is 2.83. The predicted octanol–water partition coefficient (Wildman–Crippen LogP) is 4.89. The van der Waals surface area contributed by atoms with Crippen molar-refractivity contribution in [3.8, 4) is 0 Å². The number of allylic oxidation sites excluding steroid dienone is 2. The number of amides is 2. The first kappa shape index (κ1) is 30.9. The van der Waals surface area contributed by atoms with Crippen LogP contribution in [0, 0.1) is 0 Å². The molecule has 0 aromatic heterocycles. The van der Waals surface area contributed by atoms with Gasteiger partial charge in [-0.3, -0.25) is 14.6 Å². The number of ether oxygens (including phenoxy) is 1. The molecule has 0 bridgehead atoms. The molecule has 1 aliphatic carbocycles. The van der Waals surface area contributed by atoms with Crippen LogP contribution in [0.15, 0.2) is 29.0 Å². The summed E-state index contributed by atoms with van der Waals surface area (Å²) in [5.74, 6) is -0.213. The Hall–Kier alpha value is -2.15. The molecule has 0 aromatic carbocycles. The summed E-state index contributed by atoms with van der Waals surface area (Å²) < 4.78 is 4.54. The molecule has 190 valence electrons. The Morgan fingerprint density at radius 1 is 1.21 bits per heavy atom. The molecule has 1 heterocycles. The molecule has 1 saturated heterocycles. The van der Waals surface area contributed by atoms with E-state index in [1.54, 1.807) is 29.3 Å². The third-order valence-electron chi connectivity index (χ3n) is 5.80. The molecule has 7 nitrogen and oxygen atoms in total. The topological polar surface area (TPSA) is 74.2 Å². The molecule has 1 N–H and O–H groups in total. The van der Waals surface area contributed by atoms with Crippen LogP contribution in [-0.2, 0) is 14.3 Å². The molecule has 0 aromatic rings. The lowest BCUT2D eigenvalue weighted by Gasteiger charge is -2.47. The fourth-order valence-electron chi connectivity index (χ4n) is 3.95. The smallest absolute Gasteiger partial charge is 0.272 e. The SMILES string of the molecule is C/C=C\CCN1C(=O)/C(=C/C)N(/N=C/C)CC1(C)C(=O)NC1CCCCC1.CC.CCOC. The summed E-state index contributed by atoms with van der Waals surface area (Å²) in [6, 6.07) is 0.210. The molecule has 1 atom stereocenters. The molecule has 2 fully saturated rings. The highest BCUT2D eigenvalue weighted by Gasteiger charge is 2.49. The summed E-state index contributed by atoms with van der Waals surface area (Å²) in [7, 11) is 1.68. The standard InChI is InChI=1S/C21H34N4O2.C3H8O.C2H6/c1-5-8-12-15-24-19(26)18(6-2)25(22-7-3)16-21(24,4)20(27)23-17-13-10-9-11-14-17;1-3-4-2;1-2/h5-8,17H,9-16H2,1-4H3,(H,23,27);3H2,1-2H3;1-2H3/b8-5-,18-6-,22-7+;;. The number of hydrogen-bond donors (Lipinski definition) is 1. The van der Waals surface area contributed by atoms with E-state index in [4.69, 9.17) is 0 Å². The van der Waals surface area contributed by atoms with Gasteiger partial charge in [0, 0.05) is 32.5 Å². The second kappa shape index (κ2) is 17.3. The molecule has 2 amide bonds. The third kappa shape index (κ3) is 9.32.